The number of carbonyl (C=O) groups is 2. The molecule has 4 saturated heterocycles. The first-order valence-corrected chi connectivity index (χ1v) is 15.4. The van der Waals surface area contributed by atoms with E-state index in [9.17, 15) is 9.59 Å². The lowest BCUT2D eigenvalue weighted by Gasteiger charge is -2.60. The van der Waals surface area contributed by atoms with Gasteiger partial charge in [-0.25, -0.2) is 4.39 Å². The van der Waals surface area contributed by atoms with Gasteiger partial charge in [0.2, 0.25) is 0 Å². The number of ketones is 1. The minimum atomic E-state index is -1.13. The van der Waals surface area contributed by atoms with Crippen molar-refractivity contribution in [3.05, 3.63) is 11.8 Å². The van der Waals surface area contributed by atoms with E-state index in [2.05, 4.69) is 25.3 Å². The molecule has 210 valence electrons. The number of ether oxygens (including phenoxy) is 1. The maximum Gasteiger partial charge on any atom is 0.256 e. The van der Waals surface area contributed by atoms with Crippen LogP contribution in [0.25, 0.3) is 0 Å². The summed E-state index contributed by atoms with van der Waals surface area (Å²) in [6, 6.07) is 0.0776. The molecule has 5 heterocycles. The Balaban J connectivity index is 1.14. The predicted octanol–water partition coefficient (Wildman–Crippen LogP) is 1.46. The third-order valence-electron chi connectivity index (χ3n) is 10.7. The number of piperidine rings is 1. The molecule has 0 aromatic carbocycles. The average molecular weight is 530 g/mol. The van der Waals surface area contributed by atoms with Crippen LogP contribution >= 0.6 is 0 Å². The Kier molecular flexibility index (Phi) is 6.99. The molecule has 7 aliphatic rings. The number of nitrogens with zero attached hydrogens (tertiary/aromatic N) is 3. The lowest BCUT2D eigenvalue weighted by atomic mass is 9.69. The topological polar surface area (TPSA) is 77.2 Å². The van der Waals surface area contributed by atoms with Crippen LogP contribution in [0.15, 0.2) is 11.8 Å². The summed E-state index contributed by atoms with van der Waals surface area (Å²) in [5.74, 6) is -0.443. The minimum Gasteiger partial charge on any atom is -0.369 e. The summed E-state index contributed by atoms with van der Waals surface area (Å²) < 4.78 is 23.0. The molecule has 8 nitrogen and oxygen atoms in total. The molecule has 1 amide bonds. The van der Waals surface area contributed by atoms with E-state index in [0.29, 0.717) is 18.5 Å². The van der Waals surface area contributed by atoms with Gasteiger partial charge in [0.25, 0.3) is 5.91 Å². The number of alkyl halides is 1. The molecule has 9 atom stereocenters. The Bertz CT molecular complexity index is 942. The van der Waals surface area contributed by atoms with Gasteiger partial charge in [-0.1, -0.05) is 12.8 Å². The average Bonchev–Trinajstić information content (AvgIpc) is 3.60. The van der Waals surface area contributed by atoms with Gasteiger partial charge in [-0.05, 0) is 70.5 Å². The molecule has 6 fully saturated rings. The molecular weight excluding hydrogens is 485 g/mol. The van der Waals surface area contributed by atoms with E-state index in [0.717, 1.165) is 65.0 Å². The monoisotopic (exact) mass is 529 g/mol. The Hall–Kier alpha value is -1.55. The van der Waals surface area contributed by atoms with Crippen LogP contribution in [0.1, 0.15) is 57.8 Å². The number of halogens is 1. The van der Waals surface area contributed by atoms with Crippen LogP contribution in [0, 0.1) is 11.8 Å². The van der Waals surface area contributed by atoms with Crippen LogP contribution in [-0.2, 0) is 14.3 Å². The summed E-state index contributed by atoms with van der Waals surface area (Å²) in [5, 5.41) is 6.66. The summed E-state index contributed by atoms with van der Waals surface area (Å²) in [5.41, 5.74) is 0.222. The predicted molar refractivity (Wildman–Crippen MR) is 141 cm³/mol. The van der Waals surface area contributed by atoms with Gasteiger partial charge in [-0.15, -0.1) is 0 Å². The highest BCUT2D eigenvalue weighted by Gasteiger charge is 2.60. The number of carbonyl (C=O) groups excluding carboxylic acids is 2. The number of fused-ring (bicyclic) bond motifs is 3. The van der Waals surface area contributed by atoms with Gasteiger partial charge in [0.15, 0.2) is 5.78 Å². The van der Waals surface area contributed by atoms with Crippen LogP contribution < -0.4 is 10.6 Å². The SMILES string of the molecule is O=C(NCCN1CCCC1)C1=CN2C3CCCCC3OC3C(N4CC5CCCNC5C4)C(F)CC(C1=O)C32. The molecule has 0 aromatic rings. The summed E-state index contributed by atoms with van der Waals surface area (Å²) in [4.78, 5) is 34.1. The number of hydrogen-bond acceptors (Lipinski definition) is 7. The van der Waals surface area contributed by atoms with E-state index in [1.807, 2.05) is 6.20 Å². The molecule has 9 unspecified atom stereocenters. The summed E-state index contributed by atoms with van der Waals surface area (Å²) in [7, 11) is 0. The van der Waals surface area contributed by atoms with Gasteiger partial charge in [0, 0.05) is 44.3 Å². The molecule has 2 saturated carbocycles. The Labute approximate surface area is 225 Å². The molecular formula is C29H44FN5O3. The normalized spacial score (nSPS) is 43.3. The van der Waals surface area contributed by atoms with Crippen molar-refractivity contribution in [2.45, 2.75) is 100 Å². The van der Waals surface area contributed by atoms with Gasteiger partial charge in [-0.3, -0.25) is 14.5 Å². The van der Waals surface area contributed by atoms with Crippen LogP contribution in [-0.4, -0.2) is 115 Å². The van der Waals surface area contributed by atoms with Crippen molar-refractivity contribution >= 4 is 11.7 Å². The zero-order chi connectivity index (χ0) is 25.8. The van der Waals surface area contributed by atoms with Crippen molar-refractivity contribution in [2.75, 3.05) is 45.8 Å². The third-order valence-corrected chi connectivity index (χ3v) is 10.7. The smallest absolute Gasteiger partial charge is 0.256 e. The number of amides is 1. The lowest BCUT2D eigenvalue weighted by Crippen LogP contribution is -2.73. The van der Waals surface area contributed by atoms with Gasteiger partial charge in [0.1, 0.15) is 6.17 Å². The highest BCUT2D eigenvalue weighted by atomic mass is 19.1. The minimum absolute atomic E-state index is 0.0328. The fourth-order valence-corrected chi connectivity index (χ4v) is 8.91. The highest BCUT2D eigenvalue weighted by molar-refractivity contribution is 6.20. The van der Waals surface area contributed by atoms with Crippen LogP contribution in [0.4, 0.5) is 4.39 Å². The van der Waals surface area contributed by atoms with Crippen LogP contribution in [0.3, 0.4) is 0 Å². The van der Waals surface area contributed by atoms with Crippen molar-refractivity contribution < 1.29 is 18.7 Å². The van der Waals surface area contributed by atoms with Crippen molar-refractivity contribution in [3.63, 3.8) is 0 Å². The van der Waals surface area contributed by atoms with E-state index in [1.165, 1.54) is 25.7 Å². The van der Waals surface area contributed by atoms with Crippen LogP contribution in [0.2, 0.25) is 0 Å². The van der Waals surface area contributed by atoms with E-state index >= 15 is 4.39 Å². The molecule has 0 radical (unpaired) electrons. The van der Waals surface area contributed by atoms with E-state index in [-0.39, 0.29) is 54.0 Å². The Morgan fingerprint density at radius 3 is 2.76 bits per heavy atom. The fraction of sp³-hybridized carbons (Fsp3) is 0.862. The van der Waals surface area contributed by atoms with Gasteiger partial charge in [-0.2, -0.15) is 0 Å². The summed E-state index contributed by atoms with van der Waals surface area (Å²) >= 11 is 0. The molecule has 5 aliphatic heterocycles. The first-order valence-electron chi connectivity index (χ1n) is 15.4. The zero-order valence-corrected chi connectivity index (χ0v) is 22.5. The van der Waals surface area contributed by atoms with E-state index in [4.69, 9.17) is 4.74 Å². The summed E-state index contributed by atoms with van der Waals surface area (Å²) in [6.07, 6.45) is 9.59. The highest BCUT2D eigenvalue weighted by Crippen LogP contribution is 2.47. The Morgan fingerprint density at radius 1 is 1.08 bits per heavy atom. The number of likely N-dealkylation sites (tertiary alicyclic amines) is 2. The lowest BCUT2D eigenvalue weighted by molar-refractivity contribution is -0.210. The second kappa shape index (κ2) is 10.5. The number of rotatable bonds is 5. The molecule has 0 spiro atoms. The largest absolute Gasteiger partial charge is 0.369 e. The van der Waals surface area contributed by atoms with Crippen molar-refractivity contribution in [3.8, 4) is 0 Å². The fourth-order valence-electron chi connectivity index (χ4n) is 8.91. The van der Waals surface area contributed by atoms with Gasteiger partial charge < -0.3 is 25.2 Å². The second-order valence-electron chi connectivity index (χ2n) is 12.9. The molecule has 2 N–H and O–H groups in total. The number of Topliss-reactive ketones (excluding diaryl/α,β-unsaturated/α-hetero) is 1. The van der Waals surface area contributed by atoms with Crippen LogP contribution in [0.5, 0.6) is 0 Å². The standard InChI is InChI=1S/C29H44FN5O3/c30-21-14-19-25-28(26(21)34-15-18-6-5-9-31-22(18)17-34)38-24-8-2-1-7-23(24)35(25)16-20(27(19)36)29(37)32-10-13-33-11-3-4-12-33/h16,18-19,21-26,28,31H,1-15,17H2,(H,32,37). The second-order valence-corrected chi connectivity index (χ2v) is 12.9. The molecule has 0 aromatic heterocycles. The Morgan fingerprint density at radius 2 is 1.92 bits per heavy atom. The molecule has 0 bridgehead atoms. The quantitative estimate of drug-likeness (QED) is 0.522. The first-order chi connectivity index (χ1) is 18.6. The molecule has 2 aliphatic carbocycles. The third kappa shape index (κ3) is 4.41. The first kappa shape index (κ1) is 25.4. The van der Waals surface area contributed by atoms with Gasteiger partial charge >= 0.3 is 0 Å². The van der Waals surface area contributed by atoms with Crippen molar-refractivity contribution in [1.82, 2.24) is 25.3 Å². The van der Waals surface area contributed by atoms with Crippen molar-refractivity contribution in [1.29, 1.82) is 0 Å². The maximum atomic E-state index is 16.2. The van der Waals surface area contributed by atoms with E-state index in [1.54, 1.807) is 0 Å². The van der Waals surface area contributed by atoms with Crippen molar-refractivity contribution in [2.24, 2.45) is 11.8 Å². The summed E-state index contributed by atoms with van der Waals surface area (Å²) in [6.45, 7) is 6.31. The number of hydrogen-bond donors (Lipinski definition) is 2. The molecule has 7 rings (SSSR count). The van der Waals surface area contributed by atoms with E-state index < -0.39 is 12.1 Å². The number of morpholine rings is 1. The molecule has 38 heavy (non-hydrogen) atoms. The molecule has 9 heteroatoms. The maximum absolute atomic E-state index is 16.2. The zero-order valence-electron chi connectivity index (χ0n) is 22.5. The van der Waals surface area contributed by atoms with Gasteiger partial charge in [0.05, 0.1) is 35.9 Å². The number of nitrogens with one attached hydrogen (secondary N) is 2.